The van der Waals surface area contributed by atoms with E-state index in [0.29, 0.717) is 31.0 Å². The van der Waals surface area contributed by atoms with Crippen LogP contribution in [-0.4, -0.2) is 49.7 Å². The van der Waals surface area contributed by atoms with Gasteiger partial charge in [-0.15, -0.1) is 0 Å². The van der Waals surface area contributed by atoms with Crippen molar-refractivity contribution in [2.75, 3.05) is 19.7 Å². The first-order valence-electron chi connectivity index (χ1n) is 8.11. The highest BCUT2D eigenvalue weighted by atomic mass is 19.1. The van der Waals surface area contributed by atoms with Crippen LogP contribution in [0.25, 0.3) is 11.0 Å². The van der Waals surface area contributed by atoms with Gasteiger partial charge in [-0.25, -0.2) is 14.4 Å². The number of nitrogens with zero attached hydrogens (tertiary/aromatic N) is 4. The Bertz CT molecular complexity index is 844. The topological polar surface area (TPSA) is 82.7 Å². The van der Waals surface area contributed by atoms with E-state index in [2.05, 4.69) is 30.0 Å². The van der Waals surface area contributed by atoms with Crippen LogP contribution in [0.2, 0.25) is 0 Å². The minimum absolute atomic E-state index is 0.156. The number of imidazole rings is 1. The Balaban J connectivity index is 1.48. The Hall–Kier alpha value is -2.32. The van der Waals surface area contributed by atoms with Crippen molar-refractivity contribution in [2.45, 2.75) is 26.0 Å². The highest BCUT2D eigenvalue weighted by Gasteiger charge is 2.26. The van der Waals surface area contributed by atoms with Crippen LogP contribution in [0.4, 0.5) is 4.39 Å². The summed E-state index contributed by atoms with van der Waals surface area (Å²) in [7, 11) is 0. The summed E-state index contributed by atoms with van der Waals surface area (Å²) in [6, 6.07) is 4.93. The van der Waals surface area contributed by atoms with Crippen molar-refractivity contribution in [1.29, 1.82) is 0 Å². The van der Waals surface area contributed by atoms with Gasteiger partial charge in [0.15, 0.2) is 11.6 Å². The third-order valence-corrected chi connectivity index (χ3v) is 4.21. The van der Waals surface area contributed by atoms with Crippen LogP contribution in [0.1, 0.15) is 30.5 Å². The second kappa shape index (κ2) is 6.29. The molecule has 1 atom stereocenters. The number of para-hydroxylation sites is 1. The summed E-state index contributed by atoms with van der Waals surface area (Å²) >= 11 is 0. The minimum Gasteiger partial charge on any atom is -0.367 e. The number of aromatic amines is 2. The van der Waals surface area contributed by atoms with Crippen molar-refractivity contribution in [3.05, 3.63) is 41.5 Å². The first-order valence-corrected chi connectivity index (χ1v) is 8.11. The number of aryl methyl sites for hydroxylation is 1. The lowest BCUT2D eigenvalue weighted by molar-refractivity contribution is -0.0377. The molecule has 1 aliphatic heterocycles. The number of H-pyrrole nitrogens is 2. The van der Waals surface area contributed by atoms with Crippen molar-refractivity contribution in [3.8, 4) is 0 Å². The van der Waals surface area contributed by atoms with E-state index in [0.717, 1.165) is 30.1 Å². The second-order valence-corrected chi connectivity index (χ2v) is 5.91. The summed E-state index contributed by atoms with van der Waals surface area (Å²) in [5.41, 5.74) is 1.11. The Morgan fingerprint density at radius 3 is 3.04 bits per heavy atom. The average molecular weight is 330 g/mol. The molecule has 8 heteroatoms. The third kappa shape index (κ3) is 2.90. The molecular weight excluding hydrogens is 311 g/mol. The fourth-order valence-electron chi connectivity index (χ4n) is 2.95. The van der Waals surface area contributed by atoms with Gasteiger partial charge in [-0.2, -0.15) is 5.10 Å². The van der Waals surface area contributed by atoms with Crippen molar-refractivity contribution in [2.24, 2.45) is 0 Å². The molecule has 126 valence electrons. The molecule has 0 saturated carbocycles. The van der Waals surface area contributed by atoms with Gasteiger partial charge in [-0.1, -0.05) is 13.0 Å². The summed E-state index contributed by atoms with van der Waals surface area (Å²) in [5.74, 6) is 1.99. The zero-order valence-electron chi connectivity index (χ0n) is 13.4. The van der Waals surface area contributed by atoms with Crippen molar-refractivity contribution < 1.29 is 9.13 Å². The van der Waals surface area contributed by atoms with E-state index < -0.39 is 0 Å². The summed E-state index contributed by atoms with van der Waals surface area (Å²) in [6.07, 6.45) is 0.657. The van der Waals surface area contributed by atoms with Gasteiger partial charge in [0.1, 0.15) is 23.3 Å². The van der Waals surface area contributed by atoms with Crippen LogP contribution >= 0.6 is 0 Å². The largest absolute Gasteiger partial charge is 0.367 e. The maximum absolute atomic E-state index is 13.8. The van der Waals surface area contributed by atoms with Gasteiger partial charge >= 0.3 is 0 Å². The van der Waals surface area contributed by atoms with E-state index in [9.17, 15) is 4.39 Å². The lowest BCUT2D eigenvalue weighted by Crippen LogP contribution is -2.38. The van der Waals surface area contributed by atoms with Gasteiger partial charge in [0.05, 0.1) is 18.7 Å². The molecular formula is C16H19FN6O. The number of aromatic nitrogens is 5. The lowest BCUT2D eigenvalue weighted by Gasteiger charge is -2.30. The van der Waals surface area contributed by atoms with Crippen LogP contribution in [0, 0.1) is 5.82 Å². The van der Waals surface area contributed by atoms with E-state index >= 15 is 0 Å². The van der Waals surface area contributed by atoms with E-state index in [4.69, 9.17) is 4.74 Å². The van der Waals surface area contributed by atoms with Crippen LogP contribution in [-0.2, 0) is 17.7 Å². The highest BCUT2D eigenvalue weighted by Crippen LogP contribution is 2.21. The van der Waals surface area contributed by atoms with Crippen LogP contribution in [0.5, 0.6) is 0 Å². The molecule has 0 amide bonds. The molecule has 7 nitrogen and oxygen atoms in total. The molecule has 1 saturated heterocycles. The first-order chi connectivity index (χ1) is 11.7. The Morgan fingerprint density at radius 1 is 1.33 bits per heavy atom. The summed E-state index contributed by atoms with van der Waals surface area (Å²) in [5, 5.41) is 7.16. The van der Waals surface area contributed by atoms with Gasteiger partial charge in [-0.3, -0.25) is 10.00 Å². The summed E-state index contributed by atoms with van der Waals surface area (Å²) in [6.45, 7) is 4.72. The fraction of sp³-hybridized carbons (Fsp3) is 0.438. The SMILES string of the molecule is CCc1nc(C2CN(Cc3nc4c(F)cccc4[nH]3)CCO2)n[nH]1. The number of ether oxygens (including phenoxy) is 1. The van der Waals surface area contributed by atoms with Crippen molar-refractivity contribution in [3.63, 3.8) is 0 Å². The highest BCUT2D eigenvalue weighted by molar-refractivity contribution is 5.75. The number of nitrogens with one attached hydrogen (secondary N) is 2. The molecule has 0 bridgehead atoms. The van der Waals surface area contributed by atoms with Crippen molar-refractivity contribution in [1.82, 2.24) is 30.0 Å². The zero-order chi connectivity index (χ0) is 16.5. The zero-order valence-corrected chi connectivity index (χ0v) is 13.4. The number of halogens is 1. The summed E-state index contributed by atoms with van der Waals surface area (Å²) in [4.78, 5) is 14.2. The molecule has 3 heterocycles. The molecule has 0 radical (unpaired) electrons. The Labute approximate surface area is 138 Å². The Kier molecular flexibility index (Phi) is 3.99. The third-order valence-electron chi connectivity index (χ3n) is 4.21. The van der Waals surface area contributed by atoms with Crippen LogP contribution in [0.3, 0.4) is 0 Å². The molecule has 1 aliphatic rings. The second-order valence-electron chi connectivity index (χ2n) is 5.91. The smallest absolute Gasteiger partial charge is 0.180 e. The normalized spacial score (nSPS) is 19.2. The van der Waals surface area contributed by atoms with Crippen LogP contribution < -0.4 is 0 Å². The van der Waals surface area contributed by atoms with Crippen LogP contribution in [0.15, 0.2) is 18.2 Å². The van der Waals surface area contributed by atoms with E-state index in [1.807, 2.05) is 13.0 Å². The number of fused-ring (bicyclic) bond motifs is 1. The number of benzene rings is 1. The quantitative estimate of drug-likeness (QED) is 0.764. The molecule has 0 spiro atoms. The molecule has 2 N–H and O–H groups in total. The Morgan fingerprint density at radius 2 is 2.25 bits per heavy atom. The molecule has 1 fully saturated rings. The number of hydrogen-bond acceptors (Lipinski definition) is 5. The monoisotopic (exact) mass is 330 g/mol. The van der Waals surface area contributed by atoms with Gasteiger partial charge in [0.25, 0.3) is 0 Å². The number of morpholine rings is 1. The summed E-state index contributed by atoms with van der Waals surface area (Å²) < 4.78 is 19.6. The van der Waals surface area contributed by atoms with Gasteiger partial charge in [0.2, 0.25) is 0 Å². The molecule has 1 aromatic carbocycles. The molecule has 0 aliphatic carbocycles. The number of hydrogen-bond donors (Lipinski definition) is 2. The molecule has 3 aromatic rings. The molecule has 24 heavy (non-hydrogen) atoms. The lowest BCUT2D eigenvalue weighted by atomic mass is 10.2. The standard InChI is InChI=1S/C16H19FN6O/c1-2-13-20-16(22-21-13)12-8-23(6-7-24-12)9-14-18-11-5-3-4-10(17)15(11)19-14/h3-5,12H,2,6-9H2,1H3,(H,18,19)(H,20,21,22). The van der Waals surface area contributed by atoms with Gasteiger partial charge < -0.3 is 9.72 Å². The molecule has 2 aromatic heterocycles. The van der Waals surface area contributed by atoms with Gasteiger partial charge in [-0.05, 0) is 12.1 Å². The first kappa shape index (κ1) is 15.2. The minimum atomic E-state index is -0.303. The van der Waals surface area contributed by atoms with Crippen molar-refractivity contribution >= 4 is 11.0 Å². The number of rotatable bonds is 4. The van der Waals surface area contributed by atoms with Gasteiger partial charge in [0, 0.05) is 19.5 Å². The molecule has 4 rings (SSSR count). The fourth-order valence-corrected chi connectivity index (χ4v) is 2.95. The maximum Gasteiger partial charge on any atom is 0.180 e. The molecule has 1 unspecified atom stereocenters. The predicted octanol–water partition coefficient (Wildman–Crippen LogP) is 1.96. The predicted molar refractivity (Wildman–Crippen MR) is 85.8 cm³/mol. The van der Waals surface area contributed by atoms with E-state index in [1.54, 1.807) is 6.07 Å². The maximum atomic E-state index is 13.8. The average Bonchev–Trinajstić information content (AvgIpc) is 3.22. The van der Waals surface area contributed by atoms with E-state index in [-0.39, 0.29) is 11.9 Å². The van der Waals surface area contributed by atoms with E-state index in [1.165, 1.54) is 6.07 Å².